The smallest absolute Gasteiger partial charge is 0.00800 e. The highest BCUT2D eigenvalue weighted by molar-refractivity contribution is 7.10. The fraction of sp³-hybridized carbons (Fsp3) is 0.500. The average molecular weight is 138 g/mol. The number of thiophene rings is 1. The zero-order valence-corrected chi connectivity index (χ0v) is 6.42. The summed E-state index contributed by atoms with van der Waals surface area (Å²) in [5.74, 6) is 0. The minimum atomic E-state index is 1.34. The van der Waals surface area contributed by atoms with E-state index in [1.807, 2.05) is 11.3 Å². The van der Waals surface area contributed by atoms with Crippen molar-refractivity contribution in [3.8, 4) is 0 Å². The van der Waals surface area contributed by atoms with Crippen LogP contribution in [0, 0.1) is 6.92 Å². The highest BCUT2D eigenvalue weighted by Crippen LogP contribution is 2.30. The van der Waals surface area contributed by atoms with Crippen LogP contribution in [0.4, 0.5) is 0 Å². The number of hydrogen-bond acceptors (Lipinski definition) is 1. The highest BCUT2D eigenvalue weighted by atomic mass is 32.1. The van der Waals surface area contributed by atoms with E-state index in [9.17, 15) is 0 Å². The van der Waals surface area contributed by atoms with E-state index in [0.717, 1.165) is 0 Å². The molecule has 1 heterocycles. The Hall–Kier alpha value is -0.300. The Labute approximate surface area is 59.5 Å². The van der Waals surface area contributed by atoms with E-state index < -0.39 is 0 Å². The lowest BCUT2D eigenvalue weighted by Gasteiger charge is -1.87. The lowest BCUT2D eigenvalue weighted by atomic mass is 10.2. The van der Waals surface area contributed by atoms with Gasteiger partial charge in [0.25, 0.3) is 0 Å². The van der Waals surface area contributed by atoms with E-state index in [-0.39, 0.29) is 0 Å². The molecule has 0 radical (unpaired) electrons. The Morgan fingerprint density at radius 1 is 1.44 bits per heavy atom. The van der Waals surface area contributed by atoms with Crippen LogP contribution in [0.1, 0.15) is 22.4 Å². The molecule has 0 N–H and O–H groups in total. The Morgan fingerprint density at radius 3 is 3.11 bits per heavy atom. The van der Waals surface area contributed by atoms with Crippen molar-refractivity contribution in [2.75, 3.05) is 0 Å². The van der Waals surface area contributed by atoms with Gasteiger partial charge in [-0.1, -0.05) is 0 Å². The lowest BCUT2D eigenvalue weighted by Crippen LogP contribution is -1.75. The van der Waals surface area contributed by atoms with Crippen LogP contribution in [-0.2, 0) is 12.8 Å². The second-order valence-electron chi connectivity index (χ2n) is 2.67. The van der Waals surface area contributed by atoms with Gasteiger partial charge in [-0.2, -0.15) is 0 Å². The molecule has 0 atom stereocenters. The van der Waals surface area contributed by atoms with E-state index in [1.54, 1.807) is 10.4 Å². The Morgan fingerprint density at radius 2 is 2.33 bits per heavy atom. The van der Waals surface area contributed by atoms with Crippen molar-refractivity contribution in [1.82, 2.24) is 0 Å². The monoisotopic (exact) mass is 138 g/mol. The van der Waals surface area contributed by atoms with Crippen molar-refractivity contribution >= 4 is 11.3 Å². The Balaban J connectivity index is 2.56. The van der Waals surface area contributed by atoms with Crippen LogP contribution in [0.2, 0.25) is 0 Å². The van der Waals surface area contributed by atoms with Crippen LogP contribution in [0.5, 0.6) is 0 Å². The molecule has 1 aliphatic carbocycles. The van der Waals surface area contributed by atoms with Crippen LogP contribution in [0.15, 0.2) is 5.38 Å². The summed E-state index contributed by atoms with van der Waals surface area (Å²) in [6.45, 7) is 2.22. The molecule has 0 aliphatic heterocycles. The summed E-state index contributed by atoms with van der Waals surface area (Å²) in [6, 6.07) is 0. The second-order valence-corrected chi connectivity index (χ2v) is 3.64. The zero-order chi connectivity index (χ0) is 6.27. The summed E-state index contributed by atoms with van der Waals surface area (Å²) in [7, 11) is 0. The molecule has 9 heavy (non-hydrogen) atoms. The first-order valence-electron chi connectivity index (χ1n) is 3.44. The highest BCUT2D eigenvalue weighted by Gasteiger charge is 2.13. The van der Waals surface area contributed by atoms with Crippen molar-refractivity contribution in [2.45, 2.75) is 26.2 Å². The van der Waals surface area contributed by atoms with E-state index in [4.69, 9.17) is 0 Å². The van der Waals surface area contributed by atoms with Crippen LogP contribution < -0.4 is 0 Å². The van der Waals surface area contributed by atoms with E-state index in [1.165, 1.54) is 24.8 Å². The fourth-order valence-corrected chi connectivity index (χ4v) is 2.62. The standard InChI is InChI=1S/C8H10S/c1-6-5-9-8-4-2-3-7(6)8/h5H,2-4H2,1H3. The van der Waals surface area contributed by atoms with Crippen molar-refractivity contribution in [3.63, 3.8) is 0 Å². The van der Waals surface area contributed by atoms with Crippen molar-refractivity contribution in [3.05, 3.63) is 21.4 Å². The van der Waals surface area contributed by atoms with Gasteiger partial charge in [-0.25, -0.2) is 0 Å². The molecule has 2 rings (SSSR count). The van der Waals surface area contributed by atoms with Gasteiger partial charge in [0, 0.05) is 4.88 Å². The van der Waals surface area contributed by atoms with Gasteiger partial charge in [0.2, 0.25) is 0 Å². The van der Waals surface area contributed by atoms with Gasteiger partial charge in [0.05, 0.1) is 0 Å². The quantitative estimate of drug-likeness (QED) is 0.517. The fourth-order valence-electron chi connectivity index (χ4n) is 1.49. The molecule has 0 saturated heterocycles. The summed E-state index contributed by atoms with van der Waals surface area (Å²) < 4.78 is 0. The first kappa shape index (κ1) is 5.48. The maximum atomic E-state index is 2.28. The largest absolute Gasteiger partial charge is 0.148 e. The van der Waals surface area contributed by atoms with Gasteiger partial charge < -0.3 is 0 Å². The van der Waals surface area contributed by atoms with E-state index >= 15 is 0 Å². The first-order chi connectivity index (χ1) is 4.38. The normalized spacial score (nSPS) is 16.1. The molecule has 48 valence electrons. The summed E-state index contributed by atoms with van der Waals surface area (Å²) >= 11 is 1.94. The Bertz CT molecular complexity index is 222. The molecule has 0 bridgehead atoms. The van der Waals surface area contributed by atoms with Gasteiger partial charge >= 0.3 is 0 Å². The molecule has 0 saturated carbocycles. The van der Waals surface area contributed by atoms with E-state index in [2.05, 4.69) is 12.3 Å². The molecule has 1 heteroatoms. The molecular formula is C8H10S. The SMILES string of the molecule is Cc1csc2c1CCC2. The summed E-state index contributed by atoms with van der Waals surface area (Å²) in [4.78, 5) is 1.65. The number of hydrogen-bond donors (Lipinski definition) is 0. The lowest BCUT2D eigenvalue weighted by molar-refractivity contribution is 0.911. The van der Waals surface area contributed by atoms with Gasteiger partial charge in [-0.05, 0) is 42.7 Å². The van der Waals surface area contributed by atoms with Crippen molar-refractivity contribution < 1.29 is 0 Å². The molecule has 0 fully saturated rings. The summed E-state index contributed by atoms with van der Waals surface area (Å²) in [6.07, 6.45) is 4.07. The van der Waals surface area contributed by atoms with Gasteiger partial charge in [-0.3, -0.25) is 0 Å². The van der Waals surface area contributed by atoms with Crippen LogP contribution >= 0.6 is 11.3 Å². The molecule has 0 spiro atoms. The maximum Gasteiger partial charge on any atom is 0.00800 e. The van der Waals surface area contributed by atoms with Gasteiger partial charge in [0.1, 0.15) is 0 Å². The number of aryl methyl sites for hydroxylation is 2. The minimum absolute atomic E-state index is 1.34. The number of rotatable bonds is 0. The molecule has 0 amide bonds. The Kier molecular flexibility index (Phi) is 1.12. The van der Waals surface area contributed by atoms with Crippen LogP contribution in [0.3, 0.4) is 0 Å². The van der Waals surface area contributed by atoms with Crippen molar-refractivity contribution in [2.24, 2.45) is 0 Å². The van der Waals surface area contributed by atoms with Gasteiger partial charge in [0.15, 0.2) is 0 Å². The third-order valence-corrected chi connectivity index (χ3v) is 3.23. The molecule has 0 aromatic carbocycles. The third kappa shape index (κ3) is 0.715. The molecule has 0 unspecified atom stereocenters. The summed E-state index contributed by atoms with van der Waals surface area (Å²) in [5, 5.41) is 2.28. The topological polar surface area (TPSA) is 0 Å². The zero-order valence-electron chi connectivity index (χ0n) is 5.61. The number of fused-ring (bicyclic) bond motifs is 1. The second kappa shape index (κ2) is 1.84. The van der Waals surface area contributed by atoms with E-state index in [0.29, 0.717) is 0 Å². The average Bonchev–Trinajstić information content (AvgIpc) is 2.35. The van der Waals surface area contributed by atoms with Crippen LogP contribution in [0.25, 0.3) is 0 Å². The molecular weight excluding hydrogens is 128 g/mol. The molecule has 1 aliphatic rings. The predicted molar refractivity (Wildman–Crippen MR) is 41.1 cm³/mol. The third-order valence-electron chi connectivity index (χ3n) is 2.02. The minimum Gasteiger partial charge on any atom is -0.148 e. The molecule has 1 aromatic rings. The first-order valence-corrected chi connectivity index (χ1v) is 4.32. The summed E-state index contributed by atoms with van der Waals surface area (Å²) in [5.41, 5.74) is 3.17. The predicted octanol–water partition coefficient (Wildman–Crippen LogP) is 2.55. The van der Waals surface area contributed by atoms with Gasteiger partial charge in [-0.15, -0.1) is 11.3 Å². The van der Waals surface area contributed by atoms with Crippen molar-refractivity contribution in [1.29, 1.82) is 0 Å². The van der Waals surface area contributed by atoms with Crippen LogP contribution in [-0.4, -0.2) is 0 Å². The molecule has 0 nitrogen and oxygen atoms in total. The molecule has 1 aromatic heterocycles. The maximum absolute atomic E-state index is 2.28.